The normalized spacial score (nSPS) is 10.7. The molecule has 0 spiro atoms. The Morgan fingerprint density at radius 1 is 1.00 bits per heavy atom. The molecule has 3 aromatic carbocycles. The second kappa shape index (κ2) is 10.8. The second-order valence-electron chi connectivity index (χ2n) is 6.64. The zero-order valence-electron chi connectivity index (χ0n) is 17.3. The third-order valence-electron chi connectivity index (χ3n) is 4.36. The van der Waals surface area contributed by atoms with Crippen LogP contribution in [0.2, 0.25) is 5.02 Å². The van der Waals surface area contributed by atoms with Crippen molar-refractivity contribution in [2.45, 2.75) is 6.92 Å². The quantitative estimate of drug-likeness (QED) is 0.369. The van der Waals surface area contributed by atoms with Gasteiger partial charge in [-0.1, -0.05) is 35.9 Å². The lowest BCUT2D eigenvalue weighted by molar-refractivity contribution is -0.112. The van der Waals surface area contributed by atoms with Crippen molar-refractivity contribution in [2.24, 2.45) is 0 Å². The molecule has 3 rings (SSSR count). The molecule has 0 aromatic heterocycles. The fourth-order valence-electron chi connectivity index (χ4n) is 2.86. The molecule has 0 saturated carbocycles. The molecule has 7 heteroatoms. The molecule has 0 radical (unpaired) electrons. The second-order valence-corrected chi connectivity index (χ2v) is 7.05. The van der Waals surface area contributed by atoms with Crippen molar-refractivity contribution in [1.29, 1.82) is 5.26 Å². The highest BCUT2D eigenvalue weighted by Gasteiger charge is 2.12. The zero-order valence-corrected chi connectivity index (χ0v) is 18.0. The van der Waals surface area contributed by atoms with Crippen LogP contribution in [0.5, 0.6) is 5.75 Å². The largest absolute Gasteiger partial charge is 0.494 e. The standard InChI is InChI=1S/C25H20ClN3O3/c1-2-32-21-12-10-19(11-13-21)28-24(30)18(16-27)14-17-6-5-7-20(15-17)29-25(31)22-8-3-4-9-23(22)26/h3-15H,2H2,1H3,(H,28,30)(H,29,31)/b18-14+. The van der Waals surface area contributed by atoms with Crippen LogP contribution in [-0.2, 0) is 4.79 Å². The van der Waals surface area contributed by atoms with Crippen molar-refractivity contribution < 1.29 is 14.3 Å². The Labute approximate surface area is 191 Å². The van der Waals surface area contributed by atoms with Gasteiger partial charge in [-0.3, -0.25) is 9.59 Å². The molecule has 0 aliphatic heterocycles. The SMILES string of the molecule is CCOc1ccc(NC(=O)/C(C#N)=C/c2cccc(NC(=O)c3ccccc3Cl)c2)cc1. The average molecular weight is 446 g/mol. The zero-order chi connectivity index (χ0) is 22.9. The number of carbonyl (C=O) groups excluding carboxylic acids is 2. The first kappa shape index (κ1) is 22.6. The van der Waals surface area contributed by atoms with Crippen LogP contribution in [0.3, 0.4) is 0 Å². The first-order valence-corrected chi connectivity index (χ1v) is 10.2. The number of nitrogens with one attached hydrogen (secondary N) is 2. The number of hydrogen-bond donors (Lipinski definition) is 2. The van der Waals surface area contributed by atoms with Crippen molar-refractivity contribution in [3.8, 4) is 11.8 Å². The fourth-order valence-corrected chi connectivity index (χ4v) is 3.09. The fraction of sp³-hybridized carbons (Fsp3) is 0.0800. The minimum Gasteiger partial charge on any atom is -0.494 e. The van der Waals surface area contributed by atoms with Crippen LogP contribution in [0.1, 0.15) is 22.8 Å². The lowest BCUT2D eigenvalue weighted by atomic mass is 10.1. The molecule has 2 amide bonds. The summed E-state index contributed by atoms with van der Waals surface area (Å²) in [6.07, 6.45) is 1.45. The molecule has 2 N–H and O–H groups in total. The number of ether oxygens (including phenoxy) is 1. The maximum absolute atomic E-state index is 12.5. The monoisotopic (exact) mass is 445 g/mol. The molecule has 0 atom stereocenters. The topological polar surface area (TPSA) is 91.2 Å². The van der Waals surface area contributed by atoms with E-state index in [4.69, 9.17) is 16.3 Å². The van der Waals surface area contributed by atoms with Crippen molar-refractivity contribution in [1.82, 2.24) is 0 Å². The summed E-state index contributed by atoms with van der Waals surface area (Å²) in [7, 11) is 0. The molecule has 0 heterocycles. The number of amides is 2. The Morgan fingerprint density at radius 3 is 2.44 bits per heavy atom. The van der Waals surface area contributed by atoms with E-state index >= 15 is 0 Å². The summed E-state index contributed by atoms with van der Waals surface area (Å²) in [6.45, 7) is 2.43. The number of nitrogens with zero attached hydrogens (tertiary/aromatic N) is 1. The highest BCUT2D eigenvalue weighted by atomic mass is 35.5. The van der Waals surface area contributed by atoms with Gasteiger partial charge in [-0.2, -0.15) is 5.26 Å². The number of anilines is 2. The Bertz CT molecular complexity index is 1200. The molecular weight excluding hydrogens is 426 g/mol. The first-order valence-electron chi connectivity index (χ1n) is 9.82. The van der Waals surface area contributed by atoms with Crippen LogP contribution < -0.4 is 15.4 Å². The van der Waals surface area contributed by atoms with E-state index in [-0.39, 0.29) is 11.5 Å². The summed E-state index contributed by atoms with van der Waals surface area (Å²) in [6, 6.07) is 22.3. The Kier molecular flexibility index (Phi) is 7.63. The Morgan fingerprint density at radius 2 is 1.75 bits per heavy atom. The summed E-state index contributed by atoms with van der Waals surface area (Å²) in [4.78, 5) is 25.0. The maximum Gasteiger partial charge on any atom is 0.266 e. The van der Waals surface area contributed by atoms with Crippen LogP contribution in [-0.4, -0.2) is 18.4 Å². The first-order chi connectivity index (χ1) is 15.5. The van der Waals surface area contributed by atoms with E-state index in [1.165, 1.54) is 6.08 Å². The smallest absolute Gasteiger partial charge is 0.266 e. The van der Waals surface area contributed by atoms with Crippen LogP contribution >= 0.6 is 11.6 Å². The minimum atomic E-state index is -0.540. The van der Waals surface area contributed by atoms with Gasteiger partial charge in [0.2, 0.25) is 0 Å². The highest BCUT2D eigenvalue weighted by Crippen LogP contribution is 2.20. The Hall–Kier alpha value is -4.08. The highest BCUT2D eigenvalue weighted by molar-refractivity contribution is 6.34. The molecule has 0 aliphatic rings. The summed E-state index contributed by atoms with van der Waals surface area (Å²) in [5, 5.41) is 15.3. The third kappa shape index (κ3) is 5.97. The summed E-state index contributed by atoms with van der Waals surface area (Å²) < 4.78 is 5.37. The van der Waals surface area contributed by atoms with Gasteiger partial charge in [0, 0.05) is 11.4 Å². The van der Waals surface area contributed by atoms with Crippen LogP contribution in [0.25, 0.3) is 6.08 Å². The number of nitriles is 1. The number of halogens is 1. The van der Waals surface area contributed by atoms with Crippen molar-refractivity contribution in [3.05, 3.63) is 94.5 Å². The number of rotatable bonds is 7. The van der Waals surface area contributed by atoms with E-state index in [0.29, 0.717) is 39.9 Å². The molecule has 0 bridgehead atoms. The van der Waals surface area contributed by atoms with Crippen LogP contribution in [0.4, 0.5) is 11.4 Å². The van der Waals surface area contributed by atoms with Gasteiger partial charge in [-0.05, 0) is 67.1 Å². The number of hydrogen-bond acceptors (Lipinski definition) is 4. The molecule has 32 heavy (non-hydrogen) atoms. The van der Waals surface area contributed by atoms with E-state index in [0.717, 1.165) is 0 Å². The molecular formula is C25H20ClN3O3. The predicted octanol–water partition coefficient (Wildman–Crippen LogP) is 5.54. The van der Waals surface area contributed by atoms with Crippen molar-refractivity contribution in [2.75, 3.05) is 17.2 Å². The maximum atomic E-state index is 12.5. The van der Waals surface area contributed by atoms with Crippen molar-refractivity contribution in [3.63, 3.8) is 0 Å². The lowest BCUT2D eigenvalue weighted by Gasteiger charge is -2.08. The van der Waals surface area contributed by atoms with Gasteiger partial charge in [0.05, 0.1) is 17.2 Å². The van der Waals surface area contributed by atoms with E-state index in [9.17, 15) is 14.9 Å². The summed E-state index contributed by atoms with van der Waals surface area (Å²) in [5.74, 6) is -0.204. The number of carbonyl (C=O) groups is 2. The van der Waals surface area contributed by atoms with Crippen molar-refractivity contribution >= 4 is 40.9 Å². The average Bonchev–Trinajstić information content (AvgIpc) is 2.79. The molecule has 6 nitrogen and oxygen atoms in total. The van der Waals surface area contributed by atoms with Gasteiger partial charge in [-0.25, -0.2) is 0 Å². The third-order valence-corrected chi connectivity index (χ3v) is 4.69. The van der Waals surface area contributed by atoms with Gasteiger partial charge in [0.1, 0.15) is 17.4 Å². The lowest BCUT2D eigenvalue weighted by Crippen LogP contribution is -2.13. The van der Waals surface area contributed by atoms with Gasteiger partial charge < -0.3 is 15.4 Å². The molecule has 160 valence electrons. The summed E-state index contributed by atoms with van der Waals surface area (Å²) in [5.41, 5.74) is 1.91. The van der Waals surface area contributed by atoms with E-state index in [1.54, 1.807) is 72.8 Å². The van der Waals surface area contributed by atoms with E-state index in [2.05, 4.69) is 10.6 Å². The van der Waals surface area contributed by atoms with Crippen LogP contribution in [0.15, 0.2) is 78.4 Å². The molecule has 0 aliphatic carbocycles. The van der Waals surface area contributed by atoms with Gasteiger partial charge in [0.15, 0.2) is 0 Å². The predicted molar refractivity (Wildman–Crippen MR) is 126 cm³/mol. The molecule has 0 saturated heterocycles. The van der Waals surface area contributed by atoms with Gasteiger partial charge in [0.25, 0.3) is 11.8 Å². The minimum absolute atomic E-state index is 0.0755. The van der Waals surface area contributed by atoms with E-state index < -0.39 is 5.91 Å². The molecule has 0 fully saturated rings. The van der Waals surface area contributed by atoms with E-state index in [1.807, 2.05) is 13.0 Å². The number of benzene rings is 3. The van der Waals surface area contributed by atoms with Crippen LogP contribution in [0, 0.1) is 11.3 Å². The van der Waals surface area contributed by atoms with Gasteiger partial charge >= 0.3 is 0 Å². The molecule has 0 unspecified atom stereocenters. The van der Waals surface area contributed by atoms with Gasteiger partial charge in [-0.15, -0.1) is 0 Å². The summed E-state index contributed by atoms with van der Waals surface area (Å²) >= 11 is 6.07. The Balaban J connectivity index is 1.73. The molecule has 3 aromatic rings.